The Morgan fingerprint density at radius 2 is 1.17 bits per heavy atom. The maximum absolute atomic E-state index is 4.89. The summed E-state index contributed by atoms with van der Waals surface area (Å²) in [4.78, 5) is 13.8. The number of aromatic nitrogens is 3. The first-order valence-electron chi connectivity index (χ1n) is 7.80. The van der Waals surface area contributed by atoms with Gasteiger partial charge in [0.05, 0.1) is 23.3 Å². The quantitative estimate of drug-likeness (QED) is 0.542. The molecule has 0 radical (unpaired) electrons. The fraction of sp³-hybridized carbons (Fsp3) is 0. The molecule has 0 aliphatic rings. The average molecular weight is 309 g/mol. The van der Waals surface area contributed by atoms with E-state index in [9.17, 15) is 0 Å². The molecule has 0 aliphatic carbocycles. The molecule has 24 heavy (non-hydrogen) atoms. The highest BCUT2D eigenvalue weighted by Crippen LogP contribution is 2.30. The Kier molecular flexibility index (Phi) is 3.82. The summed E-state index contributed by atoms with van der Waals surface area (Å²) in [7, 11) is 0. The summed E-state index contributed by atoms with van der Waals surface area (Å²) in [5, 5.41) is 0. The molecule has 0 saturated carbocycles. The van der Waals surface area contributed by atoms with Gasteiger partial charge in [0.25, 0.3) is 0 Å². The van der Waals surface area contributed by atoms with Crippen LogP contribution in [0.15, 0.2) is 91.4 Å². The molecule has 3 nitrogen and oxygen atoms in total. The maximum atomic E-state index is 4.89. The van der Waals surface area contributed by atoms with Crippen molar-refractivity contribution in [2.45, 2.75) is 0 Å². The average Bonchev–Trinajstić information content (AvgIpc) is 2.69. The first-order chi connectivity index (χ1) is 11.9. The SMILES string of the molecule is c1ccc(-c2ncc(-c3cccnc3)nc2-c2ccccc2)cc1. The summed E-state index contributed by atoms with van der Waals surface area (Å²) < 4.78 is 0. The van der Waals surface area contributed by atoms with Gasteiger partial charge in [0.15, 0.2) is 0 Å². The Morgan fingerprint density at radius 3 is 1.79 bits per heavy atom. The van der Waals surface area contributed by atoms with Crippen LogP contribution in [0.25, 0.3) is 33.8 Å². The zero-order chi connectivity index (χ0) is 16.2. The fourth-order valence-electron chi connectivity index (χ4n) is 2.65. The van der Waals surface area contributed by atoms with Gasteiger partial charge in [-0.3, -0.25) is 9.97 Å². The van der Waals surface area contributed by atoms with Gasteiger partial charge in [-0.05, 0) is 12.1 Å². The van der Waals surface area contributed by atoms with Gasteiger partial charge in [-0.1, -0.05) is 60.7 Å². The van der Waals surface area contributed by atoms with Gasteiger partial charge < -0.3 is 0 Å². The Morgan fingerprint density at radius 1 is 0.542 bits per heavy atom. The van der Waals surface area contributed by atoms with Gasteiger partial charge in [-0.2, -0.15) is 0 Å². The number of nitrogens with zero attached hydrogens (tertiary/aromatic N) is 3. The van der Waals surface area contributed by atoms with Crippen LogP contribution in [0, 0.1) is 0 Å². The smallest absolute Gasteiger partial charge is 0.0972 e. The lowest BCUT2D eigenvalue weighted by Gasteiger charge is -2.10. The van der Waals surface area contributed by atoms with Crippen LogP contribution >= 0.6 is 0 Å². The molecule has 0 amide bonds. The number of hydrogen-bond donors (Lipinski definition) is 0. The molecule has 0 aliphatic heterocycles. The normalized spacial score (nSPS) is 10.5. The van der Waals surface area contributed by atoms with Crippen LogP contribution in [0.4, 0.5) is 0 Å². The molecule has 2 aromatic heterocycles. The summed E-state index contributed by atoms with van der Waals surface area (Å²) in [5.41, 5.74) is 5.65. The van der Waals surface area contributed by atoms with Crippen LogP contribution in [0.2, 0.25) is 0 Å². The molecule has 3 heteroatoms. The van der Waals surface area contributed by atoms with Crippen LogP contribution in [0.3, 0.4) is 0 Å². The monoisotopic (exact) mass is 309 g/mol. The fourth-order valence-corrected chi connectivity index (χ4v) is 2.65. The molecule has 0 fully saturated rings. The zero-order valence-corrected chi connectivity index (χ0v) is 13.0. The molecule has 4 rings (SSSR count). The molecular formula is C21H15N3. The van der Waals surface area contributed by atoms with Gasteiger partial charge in [0.1, 0.15) is 0 Å². The van der Waals surface area contributed by atoms with E-state index in [1.165, 1.54) is 0 Å². The Balaban J connectivity index is 1.92. The summed E-state index contributed by atoms with van der Waals surface area (Å²) in [6.45, 7) is 0. The zero-order valence-electron chi connectivity index (χ0n) is 13.0. The minimum absolute atomic E-state index is 0.821. The van der Waals surface area contributed by atoms with E-state index in [4.69, 9.17) is 9.97 Å². The Bertz CT molecular complexity index is 936. The van der Waals surface area contributed by atoms with Crippen molar-refractivity contribution in [2.24, 2.45) is 0 Å². The van der Waals surface area contributed by atoms with Crippen molar-refractivity contribution < 1.29 is 0 Å². The lowest BCUT2D eigenvalue weighted by molar-refractivity contribution is 1.20. The van der Waals surface area contributed by atoms with Crippen molar-refractivity contribution in [3.05, 3.63) is 91.4 Å². The second-order valence-corrected chi connectivity index (χ2v) is 5.43. The second-order valence-electron chi connectivity index (χ2n) is 5.43. The summed E-state index contributed by atoms with van der Waals surface area (Å²) >= 11 is 0. The van der Waals surface area contributed by atoms with Crippen LogP contribution < -0.4 is 0 Å². The standard InChI is InChI=1S/C21H15N3/c1-3-8-16(9-4-1)20-21(17-10-5-2-6-11-17)24-19(15-23-20)18-12-7-13-22-14-18/h1-15H. The second kappa shape index (κ2) is 6.42. The molecule has 0 spiro atoms. The van der Waals surface area contributed by atoms with E-state index >= 15 is 0 Å². The lowest BCUT2D eigenvalue weighted by Crippen LogP contribution is -1.96. The minimum atomic E-state index is 0.821. The molecule has 0 unspecified atom stereocenters. The van der Waals surface area contributed by atoms with E-state index in [1.54, 1.807) is 12.4 Å². The molecule has 0 saturated heterocycles. The molecule has 4 aromatic rings. The van der Waals surface area contributed by atoms with Gasteiger partial charge in [0, 0.05) is 29.1 Å². The van der Waals surface area contributed by atoms with Crippen molar-refractivity contribution in [2.75, 3.05) is 0 Å². The Labute approximate surface area is 140 Å². The molecule has 2 heterocycles. The molecule has 114 valence electrons. The first-order valence-corrected chi connectivity index (χ1v) is 7.80. The molecule has 2 aromatic carbocycles. The molecule has 0 bridgehead atoms. The van der Waals surface area contributed by atoms with Crippen molar-refractivity contribution in [1.29, 1.82) is 0 Å². The van der Waals surface area contributed by atoms with Crippen LogP contribution in [0.1, 0.15) is 0 Å². The van der Waals surface area contributed by atoms with Gasteiger partial charge in [-0.15, -0.1) is 0 Å². The third-order valence-electron chi connectivity index (χ3n) is 3.82. The highest BCUT2D eigenvalue weighted by molar-refractivity contribution is 5.79. The number of hydrogen-bond acceptors (Lipinski definition) is 3. The van der Waals surface area contributed by atoms with Gasteiger partial charge >= 0.3 is 0 Å². The number of benzene rings is 2. The molecular weight excluding hydrogens is 294 g/mol. The predicted octanol–water partition coefficient (Wildman–Crippen LogP) is 4.87. The maximum Gasteiger partial charge on any atom is 0.0972 e. The van der Waals surface area contributed by atoms with Gasteiger partial charge in [0.2, 0.25) is 0 Å². The van der Waals surface area contributed by atoms with E-state index in [-0.39, 0.29) is 0 Å². The first kappa shape index (κ1) is 14.3. The molecule has 0 atom stereocenters. The number of rotatable bonds is 3. The van der Waals surface area contributed by atoms with Crippen molar-refractivity contribution in [3.63, 3.8) is 0 Å². The lowest BCUT2D eigenvalue weighted by atomic mass is 10.0. The van der Waals surface area contributed by atoms with E-state index in [0.29, 0.717) is 0 Å². The van der Waals surface area contributed by atoms with Crippen molar-refractivity contribution >= 4 is 0 Å². The van der Waals surface area contributed by atoms with E-state index in [0.717, 1.165) is 33.8 Å². The van der Waals surface area contributed by atoms with Gasteiger partial charge in [-0.25, -0.2) is 4.98 Å². The summed E-state index contributed by atoms with van der Waals surface area (Å²) in [5.74, 6) is 0. The largest absolute Gasteiger partial charge is 0.264 e. The third-order valence-corrected chi connectivity index (χ3v) is 3.82. The van der Waals surface area contributed by atoms with E-state index in [2.05, 4.69) is 29.2 Å². The summed E-state index contributed by atoms with van der Waals surface area (Å²) in [6, 6.07) is 24.2. The van der Waals surface area contributed by atoms with Crippen molar-refractivity contribution in [1.82, 2.24) is 15.0 Å². The Hall–Kier alpha value is -3.33. The third kappa shape index (κ3) is 2.79. The highest BCUT2D eigenvalue weighted by Gasteiger charge is 2.12. The number of pyridine rings is 1. The van der Waals surface area contributed by atoms with Crippen LogP contribution in [0.5, 0.6) is 0 Å². The minimum Gasteiger partial charge on any atom is -0.264 e. The summed E-state index contributed by atoms with van der Waals surface area (Å²) in [6.07, 6.45) is 5.38. The van der Waals surface area contributed by atoms with E-state index < -0.39 is 0 Å². The van der Waals surface area contributed by atoms with Crippen LogP contribution in [-0.4, -0.2) is 15.0 Å². The topological polar surface area (TPSA) is 38.7 Å². The predicted molar refractivity (Wildman–Crippen MR) is 96.1 cm³/mol. The van der Waals surface area contributed by atoms with Crippen molar-refractivity contribution in [3.8, 4) is 33.8 Å². The van der Waals surface area contributed by atoms with Crippen LogP contribution in [-0.2, 0) is 0 Å². The highest BCUT2D eigenvalue weighted by atomic mass is 14.8. The van der Waals surface area contributed by atoms with E-state index in [1.807, 2.05) is 54.7 Å². The molecule has 0 N–H and O–H groups in total.